The molecule has 3 rings (SSSR count). The third-order valence-electron chi connectivity index (χ3n) is 1.88. The average Bonchev–Trinajstić information content (AvgIpc) is 2.71. The lowest BCUT2D eigenvalue weighted by Gasteiger charge is -2.01. The molecule has 2 aliphatic heterocycles. The average molecular weight is 198 g/mol. The van der Waals surface area contributed by atoms with Crippen LogP contribution in [0, 0.1) is 0 Å². The van der Waals surface area contributed by atoms with Gasteiger partial charge in [0.2, 0.25) is 0 Å². The van der Waals surface area contributed by atoms with Crippen LogP contribution in [0.4, 0.5) is 0 Å². The van der Waals surface area contributed by atoms with E-state index in [-0.39, 0.29) is 0 Å². The molecule has 2 aliphatic rings. The molecule has 0 unspecified atom stereocenters. The van der Waals surface area contributed by atoms with Crippen LogP contribution in [0.25, 0.3) is 0 Å². The number of hydrogen-bond acceptors (Lipinski definition) is 4. The van der Waals surface area contributed by atoms with Crippen molar-refractivity contribution in [3.05, 3.63) is 12.1 Å². The minimum absolute atomic E-state index is 0.722. The van der Waals surface area contributed by atoms with Crippen LogP contribution in [0.15, 0.2) is 21.9 Å². The summed E-state index contributed by atoms with van der Waals surface area (Å²) in [4.78, 5) is 2.42. The Balaban J connectivity index is 2.24. The molecule has 0 bridgehead atoms. The van der Waals surface area contributed by atoms with E-state index in [1.54, 1.807) is 23.5 Å². The van der Waals surface area contributed by atoms with Crippen LogP contribution in [0.3, 0.4) is 0 Å². The first-order valence-corrected chi connectivity index (χ1v) is 5.60. The summed E-state index contributed by atoms with van der Waals surface area (Å²) in [5.74, 6) is 3.47. The molecule has 0 aromatic heterocycles. The van der Waals surface area contributed by atoms with E-state index in [4.69, 9.17) is 9.47 Å². The summed E-state index contributed by atoms with van der Waals surface area (Å²) in [7, 11) is 0. The minimum Gasteiger partial charge on any atom is -0.481 e. The van der Waals surface area contributed by atoms with Crippen molar-refractivity contribution in [2.45, 2.75) is 9.79 Å². The van der Waals surface area contributed by atoms with Crippen LogP contribution in [0.1, 0.15) is 0 Å². The van der Waals surface area contributed by atoms with Gasteiger partial charge in [-0.3, -0.25) is 0 Å². The molecule has 0 aliphatic carbocycles. The van der Waals surface area contributed by atoms with Crippen molar-refractivity contribution in [1.82, 2.24) is 0 Å². The monoisotopic (exact) mass is 198 g/mol. The van der Waals surface area contributed by atoms with Gasteiger partial charge in [-0.05, 0) is 12.1 Å². The van der Waals surface area contributed by atoms with Crippen LogP contribution in [0.5, 0.6) is 11.5 Å². The molecule has 4 heteroatoms. The molecule has 0 atom stereocenters. The first-order valence-electron chi connectivity index (χ1n) is 3.63. The van der Waals surface area contributed by atoms with Crippen molar-refractivity contribution in [2.75, 3.05) is 11.9 Å². The molecule has 1 aromatic carbocycles. The van der Waals surface area contributed by atoms with Gasteiger partial charge in [0.1, 0.15) is 17.6 Å². The van der Waals surface area contributed by atoms with Crippen molar-refractivity contribution < 1.29 is 9.47 Å². The van der Waals surface area contributed by atoms with Gasteiger partial charge in [0.05, 0.1) is 9.79 Å². The predicted molar refractivity (Wildman–Crippen MR) is 49.1 cm³/mol. The summed E-state index contributed by atoms with van der Waals surface area (Å²) in [6.07, 6.45) is 0. The number of fused-ring (bicyclic) bond motifs is 3. The Morgan fingerprint density at radius 1 is 1.08 bits per heavy atom. The SMILES string of the molecule is c1cc2c(c3c1OCS3)OCS2. The molecule has 0 spiro atoms. The van der Waals surface area contributed by atoms with Crippen LogP contribution in [-0.4, -0.2) is 11.9 Å². The highest BCUT2D eigenvalue weighted by atomic mass is 32.2. The quantitative estimate of drug-likeness (QED) is 0.637. The molecule has 0 radical (unpaired) electrons. The van der Waals surface area contributed by atoms with Gasteiger partial charge < -0.3 is 9.47 Å². The Bertz CT molecular complexity index is 305. The van der Waals surface area contributed by atoms with Crippen molar-refractivity contribution in [2.24, 2.45) is 0 Å². The third kappa shape index (κ3) is 0.850. The van der Waals surface area contributed by atoms with Crippen molar-refractivity contribution in [3.63, 3.8) is 0 Å². The van der Waals surface area contributed by atoms with Crippen molar-refractivity contribution >= 4 is 23.5 Å². The van der Waals surface area contributed by atoms with E-state index in [0.717, 1.165) is 23.4 Å². The van der Waals surface area contributed by atoms with Gasteiger partial charge in [-0.1, -0.05) is 23.5 Å². The summed E-state index contributed by atoms with van der Waals surface area (Å²) in [6, 6.07) is 4.09. The fourth-order valence-electron chi connectivity index (χ4n) is 1.33. The fourth-order valence-corrected chi connectivity index (χ4v) is 3.03. The maximum atomic E-state index is 5.50. The molecule has 0 fully saturated rings. The van der Waals surface area contributed by atoms with Gasteiger partial charge >= 0.3 is 0 Å². The lowest BCUT2D eigenvalue weighted by Crippen LogP contribution is -1.85. The van der Waals surface area contributed by atoms with E-state index < -0.39 is 0 Å². The predicted octanol–water partition coefficient (Wildman–Crippen LogP) is 2.57. The topological polar surface area (TPSA) is 18.5 Å². The van der Waals surface area contributed by atoms with Gasteiger partial charge in [-0.15, -0.1) is 0 Å². The van der Waals surface area contributed by atoms with Gasteiger partial charge in [0, 0.05) is 0 Å². The maximum Gasteiger partial charge on any atom is 0.151 e. The zero-order chi connectivity index (χ0) is 7.97. The Kier molecular flexibility index (Phi) is 1.45. The van der Waals surface area contributed by atoms with Crippen LogP contribution < -0.4 is 9.47 Å². The molecule has 0 saturated carbocycles. The zero-order valence-electron chi connectivity index (χ0n) is 6.20. The summed E-state index contributed by atoms with van der Waals surface area (Å²) >= 11 is 3.46. The molecule has 0 N–H and O–H groups in total. The normalized spacial score (nSPS) is 18.0. The fraction of sp³-hybridized carbons (Fsp3) is 0.250. The largest absolute Gasteiger partial charge is 0.481 e. The molecule has 0 saturated heterocycles. The van der Waals surface area contributed by atoms with Crippen LogP contribution >= 0.6 is 23.5 Å². The maximum absolute atomic E-state index is 5.50. The van der Waals surface area contributed by atoms with E-state index in [2.05, 4.69) is 6.07 Å². The highest BCUT2D eigenvalue weighted by Gasteiger charge is 2.24. The first kappa shape index (κ1) is 6.97. The second-order valence-corrected chi connectivity index (χ2v) is 4.43. The van der Waals surface area contributed by atoms with E-state index >= 15 is 0 Å². The molecule has 12 heavy (non-hydrogen) atoms. The highest BCUT2D eigenvalue weighted by molar-refractivity contribution is 8.00. The minimum atomic E-state index is 0.722. The summed E-state index contributed by atoms with van der Waals surface area (Å²) < 4.78 is 10.9. The van der Waals surface area contributed by atoms with E-state index in [1.165, 1.54) is 9.79 Å². The molecule has 2 nitrogen and oxygen atoms in total. The standard InChI is InChI=1S/C8H6O2S2/c1-2-6-7(10-4-11-6)8-5(1)9-3-12-8/h1-2H,3-4H2. The van der Waals surface area contributed by atoms with Crippen molar-refractivity contribution in [3.8, 4) is 11.5 Å². The molecular formula is C8H6O2S2. The summed E-state index contributed by atoms with van der Waals surface area (Å²) in [5.41, 5.74) is 0. The molecule has 62 valence electrons. The number of ether oxygens (including phenoxy) is 2. The van der Waals surface area contributed by atoms with Gasteiger partial charge in [0.25, 0.3) is 0 Å². The Labute approximate surface area is 78.6 Å². The number of thioether (sulfide) groups is 2. The number of rotatable bonds is 0. The van der Waals surface area contributed by atoms with Gasteiger partial charge in [-0.2, -0.15) is 0 Å². The first-order chi connectivity index (χ1) is 5.95. The zero-order valence-corrected chi connectivity index (χ0v) is 7.83. The second kappa shape index (κ2) is 2.50. The number of hydrogen-bond donors (Lipinski definition) is 0. The lowest BCUT2D eigenvalue weighted by atomic mass is 10.3. The Hall–Kier alpha value is -0.480. The van der Waals surface area contributed by atoms with E-state index in [0.29, 0.717) is 0 Å². The Morgan fingerprint density at radius 2 is 2.00 bits per heavy atom. The summed E-state index contributed by atoms with van der Waals surface area (Å²) in [5, 5.41) is 0. The van der Waals surface area contributed by atoms with E-state index in [1.807, 2.05) is 6.07 Å². The summed E-state index contributed by atoms with van der Waals surface area (Å²) in [6.45, 7) is 0. The third-order valence-corrected chi connectivity index (χ3v) is 3.65. The van der Waals surface area contributed by atoms with E-state index in [9.17, 15) is 0 Å². The van der Waals surface area contributed by atoms with Crippen molar-refractivity contribution in [1.29, 1.82) is 0 Å². The van der Waals surface area contributed by atoms with Crippen LogP contribution in [-0.2, 0) is 0 Å². The lowest BCUT2D eigenvalue weighted by molar-refractivity contribution is 0.370. The van der Waals surface area contributed by atoms with Gasteiger partial charge in [-0.25, -0.2) is 0 Å². The van der Waals surface area contributed by atoms with Gasteiger partial charge in [0.15, 0.2) is 5.75 Å². The molecule has 2 heterocycles. The molecular weight excluding hydrogens is 192 g/mol. The smallest absolute Gasteiger partial charge is 0.151 e. The Morgan fingerprint density at radius 3 is 3.00 bits per heavy atom. The van der Waals surface area contributed by atoms with Crippen LogP contribution in [0.2, 0.25) is 0 Å². The highest BCUT2D eigenvalue weighted by Crippen LogP contribution is 2.50. The molecule has 0 amide bonds. The molecule has 1 aromatic rings. The number of benzene rings is 1. The second-order valence-electron chi connectivity index (χ2n) is 2.53.